The Kier molecular flexibility index (Phi) is 3.23. The van der Waals surface area contributed by atoms with Crippen LogP contribution >= 0.6 is 23.2 Å². The normalized spacial score (nSPS) is 10.6. The zero-order valence-electron chi connectivity index (χ0n) is 6.47. The Balaban J connectivity index is 3.44. The number of pyridine rings is 1. The minimum Gasteiger partial charge on any atom is -0.478 e. The summed E-state index contributed by atoms with van der Waals surface area (Å²) in [6, 6.07) is 0.779. The number of carbonyl (C=O) groups is 1. The largest absolute Gasteiger partial charge is 0.478 e. The number of rotatable bonds is 2. The van der Waals surface area contributed by atoms with E-state index in [2.05, 4.69) is 4.98 Å². The lowest BCUT2D eigenvalue weighted by Crippen LogP contribution is -2.05. The quantitative estimate of drug-likeness (QED) is 0.810. The molecule has 1 N–H and O–H groups in total. The summed E-state index contributed by atoms with van der Waals surface area (Å²) in [5, 5.41) is 7.78. The molecule has 0 saturated carbocycles. The van der Waals surface area contributed by atoms with Gasteiger partial charge < -0.3 is 5.11 Å². The van der Waals surface area contributed by atoms with Gasteiger partial charge in [-0.2, -0.15) is 0 Å². The van der Waals surface area contributed by atoms with Crippen molar-refractivity contribution in [3.63, 3.8) is 0 Å². The summed E-state index contributed by atoms with van der Waals surface area (Å²) >= 11 is 10.7. The summed E-state index contributed by atoms with van der Waals surface area (Å²) in [4.78, 5) is 13.9. The molecule has 0 fully saturated rings. The highest BCUT2D eigenvalue weighted by atomic mass is 35.5. The van der Waals surface area contributed by atoms with Gasteiger partial charge in [0.25, 0.3) is 6.43 Å². The summed E-state index contributed by atoms with van der Waals surface area (Å²) in [6.07, 6.45) is -2.96. The van der Waals surface area contributed by atoms with Crippen molar-refractivity contribution < 1.29 is 18.7 Å². The van der Waals surface area contributed by atoms with Crippen LogP contribution in [0.5, 0.6) is 0 Å². The molecule has 1 rings (SSSR count). The van der Waals surface area contributed by atoms with Gasteiger partial charge in [-0.25, -0.2) is 18.6 Å². The maximum Gasteiger partial charge on any atom is 0.339 e. The van der Waals surface area contributed by atoms with E-state index < -0.39 is 28.7 Å². The molecule has 0 aliphatic carbocycles. The van der Waals surface area contributed by atoms with Crippen molar-refractivity contribution in [2.45, 2.75) is 6.43 Å². The van der Waals surface area contributed by atoms with Gasteiger partial charge in [0.2, 0.25) is 0 Å². The number of halogens is 4. The van der Waals surface area contributed by atoms with Crippen LogP contribution in [0, 0.1) is 0 Å². The minimum atomic E-state index is -2.96. The molecule has 7 heteroatoms. The van der Waals surface area contributed by atoms with E-state index in [0.717, 1.165) is 6.07 Å². The van der Waals surface area contributed by atoms with Gasteiger partial charge in [0.1, 0.15) is 15.9 Å². The third-order valence-corrected chi connectivity index (χ3v) is 1.89. The first-order valence-electron chi connectivity index (χ1n) is 3.31. The average Bonchev–Trinajstić information content (AvgIpc) is 2.01. The molecule has 0 radical (unpaired) electrons. The van der Waals surface area contributed by atoms with Crippen LogP contribution in [0.4, 0.5) is 8.78 Å². The highest BCUT2D eigenvalue weighted by Gasteiger charge is 2.22. The molecule has 0 amide bonds. The fraction of sp³-hybridized carbons (Fsp3) is 0.143. The lowest BCUT2D eigenvalue weighted by molar-refractivity contribution is 0.0684. The zero-order valence-corrected chi connectivity index (χ0v) is 7.98. The molecule has 76 valence electrons. The van der Waals surface area contributed by atoms with E-state index >= 15 is 0 Å². The van der Waals surface area contributed by atoms with Gasteiger partial charge in [0, 0.05) is 5.56 Å². The fourth-order valence-electron chi connectivity index (χ4n) is 0.885. The Morgan fingerprint density at radius 1 is 1.50 bits per heavy atom. The highest BCUT2D eigenvalue weighted by molar-refractivity contribution is 6.34. The van der Waals surface area contributed by atoms with Crippen molar-refractivity contribution >= 4 is 29.2 Å². The number of alkyl halides is 2. The van der Waals surface area contributed by atoms with E-state index in [9.17, 15) is 13.6 Å². The van der Waals surface area contributed by atoms with E-state index in [4.69, 9.17) is 28.3 Å². The summed E-state index contributed by atoms with van der Waals surface area (Å²) < 4.78 is 24.7. The molecule has 0 aromatic carbocycles. The second-order valence-corrected chi connectivity index (χ2v) is 3.05. The van der Waals surface area contributed by atoms with Crippen LogP contribution in [0.2, 0.25) is 10.3 Å². The molecule has 0 aliphatic heterocycles. The molecule has 1 aromatic rings. The minimum absolute atomic E-state index is 0.268. The van der Waals surface area contributed by atoms with Crippen LogP contribution in [-0.4, -0.2) is 16.1 Å². The summed E-state index contributed by atoms with van der Waals surface area (Å²) in [7, 11) is 0. The van der Waals surface area contributed by atoms with E-state index in [1.807, 2.05) is 0 Å². The van der Waals surface area contributed by atoms with Gasteiger partial charge in [0.05, 0.1) is 0 Å². The van der Waals surface area contributed by atoms with E-state index in [1.165, 1.54) is 0 Å². The molecule has 0 saturated heterocycles. The van der Waals surface area contributed by atoms with Crippen LogP contribution < -0.4 is 0 Å². The third-order valence-electron chi connectivity index (χ3n) is 1.42. The van der Waals surface area contributed by atoms with Crippen molar-refractivity contribution in [2.75, 3.05) is 0 Å². The first-order chi connectivity index (χ1) is 6.43. The van der Waals surface area contributed by atoms with Crippen molar-refractivity contribution in [2.24, 2.45) is 0 Å². The van der Waals surface area contributed by atoms with Crippen molar-refractivity contribution in [3.05, 3.63) is 27.5 Å². The second kappa shape index (κ2) is 4.06. The van der Waals surface area contributed by atoms with Gasteiger partial charge in [-0.05, 0) is 6.07 Å². The molecule has 0 atom stereocenters. The Bertz CT molecular complexity index is 384. The summed E-state index contributed by atoms with van der Waals surface area (Å²) in [5.41, 5.74) is -1.45. The molecule has 0 aliphatic rings. The lowest BCUT2D eigenvalue weighted by Gasteiger charge is -2.06. The monoisotopic (exact) mass is 241 g/mol. The van der Waals surface area contributed by atoms with E-state index in [1.54, 1.807) is 0 Å². The maximum absolute atomic E-state index is 12.3. The standard InChI is InChI=1S/C7H3Cl2F2NO2/c8-3-1-2(6(10)11)4(7(13)14)5(9)12-3/h1,6H,(H,13,14). The third kappa shape index (κ3) is 2.10. The average molecular weight is 242 g/mol. The van der Waals surface area contributed by atoms with Gasteiger partial charge in [-0.3, -0.25) is 0 Å². The molecule has 1 heterocycles. The number of hydrogen-bond acceptors (Lipinski definition) is 2. The van der Waals surface area contributed by atoms with E-state index in [0.29, 0.717) is 0 Å². The highest BCUT2D eigenvalue weighted by Crippen LogP contribution is 2.29. The first kappa shape index (κ1) is 11.1. The topological polar surface area (TPSA) is 50.2 Å². The number of hydrogen-bond donors (Lipinski definition) is 1. The second-order valence-electron chi connectivity index (χ2n) is 2.31. The first-order valence-corrected chi connectivity index (χ1v) is 4.06. The molecular weight excluding hydrogens is 239 g/mol. The Hall–Kier alpha value is -0.940. The molecular formula is C7H3Cl2F2NO2. The predicted molar refractivity (Wildman–Crippen MR) is 46.2 cm³/mol. The fourth-order valence-corrected chi connectivity index (χ4v) is 1.41. The van der Waals surface area contributed by atoms with Crippen LogP contribution in [0.15, 0.2) is 6.07 Å². The van der Waals surface area contributed by atoms with Crippen molar-refractivity contribution in [1.29, 1.82) is 0 Å². The number of aromatic carboxylic acids is 1. The number of carboxylic acid groups (broad SMARTS) is 1. The summed E-state index contributed by atoms with van der Waals surface area (Å²) in [5.74, 6) is -1.56. The van der Waals surface area contributed by atoms with Crippen LogP contribution in [-0.2, 0) is 0 Å². The molecule has 0 unspecified atom stereocenters. The molecule has 0 bridgehead atoms. The maximum atomic E-state index is 12.3. The molecule has 1 aromatic heterocycles. The smallest absolute Gasteiger partial charge is 0.339 e. The molecule has 0 spiro atoms. The van der Waals surface area contributed by atoms with Gasteiger partial charge in [-0.15, -0.1) is 0 Å². The van der Waals surface area contributed by atoms with Crippen LogP contribution in [0.3, 0.4) is 0 Å². The predicted octanol–water partition coefficient (Wildman–Crippen LogP) is 3.02. The molecule has 3 nitrogen and oxygen atoms in total. The van der Waals surface area contributed by atoms with E-state index in [-0.39, 0.29) is 5.15 Å². The molecule has 14 heavy (non-hydrogen) atoms. The van der Waals surface area contributed by atoms with Crippen molar-refractivity contribution in [1.82, 2.24) is 4.98 Å². The van der Waals surface area contributed by atoms with Gasteiger partial charge >= 0.3 is 5.97 Å². The zero-order chi connectivity index (χ0) is 10.9. The van der Waals surface area contributed by atoms with Gasteiger partial charge in [0.15, 0.2) is 0 Å². The van der Waals surface area contributed by atoms with Crippen LogP contribution in [0.1, 0.15) is 22.3 Å². The van der Waals surface area contributed by atoms with Gasteiger partial charge in [-0.1, -0.05) is 23.2 Å². The number of aromatic nitrogens is 1. The number of nitrogens with zero attached hydrogens (tertiary/aromatic N) is 1. The Morgan fingerprint density at radius 2 is 2.07 bits per heavy atom. The Labute approximate surface area is 87.3 Å². The summed E-state index contributed by atoms with van der Waals surface area (Å²) in [6.45, 7) is 0. The van der Waals surface area contributed by atoms with Crippen LogP contribution in [0.25, 0.3) is 0 Å². The Morgan fingerprint density at radius 3 is 2.50 bits per heavy atom. The van der Waals surface area contributed by atoms with Crippen molar-refractivity contribution in [3.8, 4) is 0 Å². The SMILES string of the molecule is O=C(O)c1c(C(F)F)cc(Cl)nc1Cl. The lowest BCUT2D eigenvalue weighted by atomic mass is 10.1. The number of carboxylic acids is 1.